The molecule has 3 rings (SSSR count). The zero-order chi connectivity index (χ0) is 18.7. The summed E-state index contributed by atoms with van der Waals surface area (Å²) >= 11 is 17.2. The van der Waals surface area contributed by atoms with Crippen molar-refractivity contribution in [2.75, 3.05) is 5.32 Å². The summed E-state index contributed by atoms with van der Waals surface area (Å²) < 4.78 is 27.1. The highest BCUT2D eigenvalue weighted by molar-refractivity contribution is 7.80. The zero-order valence-electron chi connectivity index (χ0n) is 12.9. The van der Waals surface area contributed by atoms with Crippen LogP contribution in [-0.2, 0) is 0 Å². The lowest BCUT2D eigenvalue weighted by atomic mass is 10.2. The van der Waals surface area contributed by atoms with Crippen LogP contribution < -0.4 is 10.7 Å². The SMILES string of the molecule is Fc1cccc(F)c1NC(=S)N/N=C/c1cc2cccc(Cl)c2nc1Cl. The Morgan fingerprint density at radius 2 is 1.81 bits per heavy atom. The molecule has 2 aromatic carbocycles. The zero-order valence-corrected chi connectivity index (χ0v) is 15.3. The lowest BCUT2D eigenvalue weighted by molar-refractivity contribution is 0.591. The second-order valence-corrected chi connectivity index (χ2v) is 6.27. The average molecular weight is 411 g/mol. The largest absolute Gasteiger partial charge is 0.326 e. The van der Waals surface area contributed by atoms with Crippen LogP contribution in [0.2, 0.25) is 10.2 Å². The molecular formula is C17H10Cl2F2N4S. The third kappa shape index (κ3) is 4.07. The maximum absolute atomic E-state index is 13.6. The van der Waals surface area contributed by atoms with Gasteiger partial charge in [-0.25, -0.2) is 13.8 Å². The van der Waals surface area contributed by atoms with Crippen LogP contribution in [0.4, 0.5) is 14.5 Å². The van der Waals surface area contributed by atoms with Crippen LogP contribution in [0, 0.1) is 11.6 Å². The second kappa shape index (κ2) is 7.90. The maximum atomic E-state index is 13.6. The number of benzene rings is 2. The molecule has 0 aliphatic heterocycles. The van der Waals surface area contributed by atoms with E-state index in [0.717, 1.165) is 17.5 Å². The summed E-state index contributed by atoms with van der Waals surface area (Å²) in [6.07, 6.45) is 1.39. The Hall–Kier alpha value is -2.35. The monoisotopic (exact) mass is 410 g/mol. The number of fused-ring (bicyclic) bond motifs is 1. The first-order valence-corrected chi connectivity index (χ1v) is 8.41. The summed E-state index contributed by atoms with van der Waals surface area (Å²) in [7, 11) is 0. The van der Waals surface area contributed by atoms with E-state index >= 15 is 0 Å². The Morgan fingerprint density at radius 1 is 1.12 bits per heavy atom. The van der Waals surface area contributed by atoms with Gasteiger partial charge in [0.2, 0.25) is 0 Å². The fourth-order valence-electron chi connectivity index (χ4n) is 2.17. The number of hydrazone groups is 1. The molecule has 0 fully saturated rings. The van der Waals surface area contributed by atoms with Gasteiger partial charge in [-0.1, -0.05) is 41.4 Å². The first kappa shape index (κ1) is 18.4. The summed E-state index contributed by atoms with van der Waals surface area (Å²) in [6, 6.07) is 10.6. The molecule has 0 aliphatic carbocycles. The van der Waals surface area contributed by atoms with Gasteiger partial charge in [-0.3, -0.25) is 5.43 Å². The molecule has 0 atom stereocenters. The maximum Gasteiger partial charge on any atom is 0.191 e. The van der Waals surface area contributed by atoms with Crippen molar-refractivity contribution in [1.29, 1.82) is 0 Å². The summed E-state index contributed by atoms with van der Waals surface area (Å²) in [5.74, 6) is -1.53. The number of aromatic nitrogens is 1. The van der Waals surface area contributed by atoms with E-state index in [4.69, 9.17) is 35.4 Å². The van der Waals surface area contributed by atoms with Gasteiger partial charge in [0.05, 0.1) is 16.8 Å². The van der Waals surface area contributed by atoms with E-state index in [1.165, 1.54) is 12.3 Å². The molecule has 132 valence electrons. The Morgan fingerprint density at radius 3 is 2.54 bits per heavy atom. The van der Waals surface area contributed by atoms with Crippen LogP contribution in [0.1, 0.15) is 5.56 Å². The summed E-state index contributed by atoms with van der Waals surface area (Å²) in [5.41, 5.74) is 3.21. The lowest BCUT2D eigenvalue weighted by Gasteiger charge is -2.09. The number of nitrogens with one attached hydrogen (secondary N) is 2. The predicted octanol–water partition coefficient (Wildman–Crippen LogP) is 5.14. The van der Waals surface area contributed by atoms with Crippen molar-refractivity contribution in [2.45, 2.75) is 0 Å². The minimum Gasteiger partial charge on any atom is -0.326 e. The number of pyridine rings is 1. The summed E-state index contributed by atoms with van der Waals surface area (Å²) in [5, 5.41) is 7.71. The van der Waals surface area contributed by atoms with Crippen LogP contribution >= 0.6 is 35.4 Å². The number of hydrogen-bond donors (Lipinski definition) is 2. The molecule has 0 saturated heterocycles. The highest BCUT2D eigenvalue weighted by atomic mass is 35.5. The van der Waals surface area contributed by atoms with Gasteiger partial charge in [0.25, 0.3) is 0 Å². The first-order valence-electron chi connectivity index (χ1n) is 7.24. The number of nitrogens with zero attached hydrogens (tertiary/aromatic N) is 2. The Kier molecular flexibility index (Phi) is 5.61. The van der Waals surface area contributed by atoms with E-state index in [1.54, 1.807) is 18.2 Å². The summed E-state index contributed by atoms with van der Waals surface area (Å²) in [4.78, 5) is 4.23. The summed E-state index contributed by atoms with van der Waals surface area (Å²) in [6.45, 7) is 0. The van der Waals surface area contributed by atoms with Gasteiger partial charge in [0, 0.05) is 10.9 Å². The molecule has 3 aromatic rings. The van der Waals surface area contributed by atoms with Gasteiger partial charge in [0.1, 0.15) is 22.5 Å². The van der Waals surface area contributed by atoms with Crippen molar-refractivity contribution in [3.8, 4) is 0 Å². The Labute approximate surface area is 162 Å². The van der Waals surface area contributed by atoms with Gasteiger partial charge in [-0.05, 0) is 36.5 Å². The van der Waals surface area contributed by atoms with Gasteiger partial charge in [-0.15, -0.1) is 0 Å². The van der Waals surface area contributed by atoms with Gasteiger partial charge in [0.15, 0.2) is 5.11 Å². The molecule has 0 radical (unpaired) electrons. The highest BCUT2D eigenvalue weighted by Gasteiger charge is 2.09. The molecule has 0 aliphatic rings. The molecule has 2 N–H and O–H groups in total. The van der Waals surface area contributed by atoms with Crippen LogP contribution in [0.5, 0.6) is 0 Å². The molecule has 4 nitrogen and oxygen atoms in total. The number of rotatable bonds is 3. The minimum atomic E-state index is -0.767. The molecule has 0 amide bonds. The standard InChI is InChI=1S/C17H10Cl2F2N4S/c18-11-4-1-3-9-7-10(16(19)23-14(9)11)8-22-25-17(26)24-15-12(20)5-2-6-13(15)21/h1-8H,(H2,24,25,26)/b22-8+. The lowest BCUT2D eigenvalue weighted by Crippen LogP contribution is -2.25. The van der Waals surface area contributed by atoms with Crippen molar-refractivity contribution < 1.29 is 8.78 Å². The molecule has 0 spiro atoms. The average Bonchev–Trinajstić information content (AvgIpc) is 2.60. The van der Waals surface area contributed by atoms with Crippen LogP contribution in [-0.4, -0.2) is 16.3 Å². The number of halogens is 4. The van der Waals surface area contributed by atoms with E-state index < -0.39 is 11.6 Å². The van der Waals surface area contributed by atoms with Crippen LogP contribution in [0.15, 0.2) is 47.6 Å². The highest BCUT2D eigenvalue weighted by Crippen LogP contribution is 2.25. The van der Waals surface area contributed by atoms with E-state index in [2.05, 4.69) is 20.8 Å². The molecule has 9 heteroatoms. The van der Waals surface area contributed by atoms with Gasteiger partial charge >= 0.3 is 0 Å². The fraction of sp³-hybridized carbons (Fsp3) is 0. The van der Waals surface area contributed by atoms with Crippen molar-refractivity contribution in [3.63, 3.8) is 0 Å². The number of thiocarbonyl (C=S) groups is 1. The quantitative estimate of drug-likeness (QED) is 0.271. The third-order valence-electron chi connectivity index (χ3n) is 3.35. The van der Waals surface area contributed by atoms with E-state index in [1.807, 2.05) is 6.07 Å². The topological polar surface area (TPSA) is 49.3 Å². The second-order valence-electron chi connectivity index (χ2n) is 5.10. The van der Waals surface area contributed by atoms with Crippen LogP contribution in [0.3, 0.4) is 0 Å². The van der Waals surface area contributed by atoms with E-state index in [9.17, 15) is 8.78 Å². The predicted molar refractivity (Wildman–Crippen MR) is 105 cm³/mol. The fourth-order valence-corrected chi connectivity index (χ4v) is 2.73. The van der Waals surface area contributed by atoms with Crippen molar-refractivity contribution >= 4 is 63.3 Å². The molecule has 0 unspecified atom stereocenters. The van der Waals surface area contributed by atoms with E-state index in [0.29, 0.717) is 16.1 Å². The first-order chi connectivity index (χ1) is 12.5. The normalized spacial score (nSPS) is 11.1. The molecule has 0 bridgehead atoms. The van der Waals surface area contributed by atoms with Crippen LogP contribution in [0.25, 0.3) is 10.9 Å². The van der Waals surface area contributed by atoms with Gasteiger partial charge in [-0.2, -0.15) is 5.10 Å². The molecule has 0 saturated carbocycles. The van der Waals surface area contributed by atoms with Crippen molar-refractivity contribution in [3.05, 3.63) is 69.8 Å². The van der Waals surface area contributed by atoms with Crippen molar-refractivity contribution in [1.82, 2.24) is 10.4 Å². The molecule has 1 aromatic heterocycles. The number of para-hydroxylation sites is 2. The van der Waals surface area contributed by atoms with E-state index in [-0.39, 0.29) is 16.0 Å². The number of hydrogen-bond acceptors (Lipinski definition) is 3. The molecular weight excluding hydrogens is 401 g/mol. The van der Waals surface area contributed by atoms with Gasteiger partial charge < -0.3 is 5.32 Å². The minimum absolute atomic E-state index is 0.0850. The molecule has 1 heterocycles. The molecule has 26 heavy (non-hydrogen) atoms. The Bertz CT molecular complexity index is 1010. The number of anilines is 1. The Balaban J connectivity index is 1.73. The third-order valence-corrected chi connectivity index (χ3v) is 4.15. The van der Waals surface area contributed by atoms with Crippen molar-refractivity contribution in [2.24, 2.45) is 5.10 Å². The smallest absolute Gasteiger partial charge is 0.191 e.